The maximum atomic E-state index is 5.57. The van der Waals surface area contributed by atoms with Gasteiger partial charge in [0.2, 0.25) is 11.7 Å². The summed E-state index contributed by atoms with van der Waals surface area (Å²) in [5.74, 6) is 1.73. The van der Waals surface area contributed by atoms with E-state index in [4.69, 9.17) is 4.52 Å². The Morgan fingerprint density at radius 3 is 2.88 bits per heavy atom. The first-order valence-electron chi connectivity index (χ1n) is 8.95. The van der Waals surface area contributed by atoms with Crippen molar-refractivity contribution in [3.8, 4) is 11.4 Å². The summed E-state index contributed by atoms with van der Waals surface area (Å²) in [6.45, 7) is 5.92. The molecule has 0 bridgehead atoms. The van der Waals surface area contributed by atoms with Gasteiger partial charge in [0.05, 0.1) is 11.6 Å². The van der Waals surface area contributed by atoms with Gasteiger partial charge in [-0.1, -0.05) is 35.5 Å². The molecule has 0 N–H and O–H groups in total. The molecule has 3 heterocycles. The van der Waals surface area contributed by atoms with Crippen molar-refractivity contribution in [2.45, 2.75) is 38.8 Å². The molecule has 130 valence electrons. The molecule has 0 saturated carbocycles. The highest BCUT2D eigenvalue weighted by Crippen LogP contribution is 2.28. The topological polar surface area (TPSA) is 60.0 Å². The third-order valence-corrected chi connectivity index (χ3v) is 4.73. The van der Waals surface area contributed by atoms with E-state index >= 15 is 0 Å². The lowest BCUT2D eigenvalue weighted by atomic mass is 9.98. The van der Waals surface area contributed by atoms with Crippen molar-refractivity contribution < 1.29 is 4.52 Å². The minimum absolute atomic E-state index is 0.298. The predicted octanol–water partition coefficient (Wildman–Crippen LogP) is 3.33. The van der Waals surface area contributed by atoms with Crippen molar-refractivity contribution in [1.82, 2.24) is 24.8 Å². The predicted molar refractivity (Wildman–Crippen MR) is 94.9 cm³/mol. The molecule has 4 rings (SSSR count). The number of hydrogen-bond donors (Lipinski definition) is 0. The largest absolute Gasteiger partial charge is 0.339 e. The zero-order chi connectivity index (χ0) is 17.1. The lowest BCUT2D eigenvalue weighted by molar-refractivity contribution is 0.178. The maximum absolute atomic E-state index is 5.57. The van der Waals surface area contributed by atoms with E-state index in [2.05, 4.69) is 33.1 Å². The van der Waals surface area contributed by atoms with Gasteiger partial charge in [-0.25, -0.2) is 0 Å². The fourth-order valence-corrected chi connectivity index (χ4v) is 3.40. The molecule has 3 aromatic rings. The molecule has 0 unspecified atom stereocenters. The molecule has 1 aliphatic rings. The molecule has 1 aromatic carbocycles. The number of nitrogens with zero attached hydrogens (tertiary/aromatic N) is 5. The third kappa shape index (κ3) is 3.64. The summed E-state index contributed by atoms with van der Waals surface area (Å²) in [4.78, 5) is 7.07. The van der Waals surface area contributed by atoms with Crippen LogP contribution < -0.4 is 0 Å². The Kier molecular flexibility index (Phi) is 4.61. The standard InChI is InChI=1S/C19H23N5O/c1-2-24-12-10-17(21-24)14-23-11-6-9-16(13-23)19-20-18(22-25-19)15-7-4-3-5-8-15/h3-5,7-8,10,12,16H,2,6,9,11,13-14H2,1H3/t16-/m0/s1. The monoisotopic (exact) mass is 337 g/mol. The van der Waals surface area contributed by atoms with E-state index in [1.807, 2.05) is 41.2 Å². The van der Waals surface area contributed by atoms with Crippen molar-refractivity contribution in [3.63, 3.8) is 0 Å². The third-order valence-electron chi connectivity index (χ3n) is 4.73. The normalized spacial score (nSPS) is 18.5. The molecule has 25 heavy (non-hydrogen) atoms. The Morgan fingerprint density at radius 1 is 1.20 bits per heavy atom. The summed E-state index contributed by atoms with van der Waals surface area (Å²) in [6.07, 6.45) is 4.28. The SMILES string of the molecule is CCn1ccc(CN2CCC[C@H](c3nc(-c4ccccc4)no3)C2)n1. The molecule has 1 saturated heterocycles. The Hall–Kier alpha value is -2.47. The average molecular weight is 337 g/mol. The van der Waals surface area contributed by atoms with E-state index in [1.165, 1.54) is 0 Å². The van der Waals surface area contributed by atoms with Crippen LogP contribution in [0.15, 0.2) is 47.1 Å². The van der Waals surface area contributed by atoms with Gasteiger partial charge in [0.15, 0.2) is 0 Å². The van der Waals surface area contributed by atoms with E-state index in [9.17, 15) is 0 Å². The molecule has 0 spiro atoms. The quantitative estimate of drug-likeness (QED) is 0.715. The van der Waals surface area contributed by atoms with Gasteiger partial charge in [0.25, 0.3) is 0 Å². The second-order valence-corrected chi connectivity index (χ2v) is 6.56. The number of benzene rings is 1. The highest BCUT2D eigenvalue weighted by Gasteiger charge is 2.26. The first-order chi connectivity index (χ1) is 12.3. The summed E-state index contributed by atoms with van der Waals surface area (Å²) in [5.41, 5.74) is 2.12. The van der Waals surface area contributed by atoms with Crippen LogP contribution in [0.3, 0.4) is 0 Å². The van der Waals surface area contributed by atoms with Crippen molar-refractivity contribution in [2.75, 3.05) is 13.1 Å². The molecule has 6 nitrogen and oxygen atoms in total. The summed E-state index contributed by atoms with van der Waals surface area (Å²) in [5, 5.41) is 8.75. The van der Waals surface area contributed by atoms with Crippen LogP contribution >= 0.6 is 0 Å². The number of rotatable bonds is 5. The van der Waals surface area contributed by atoms with Crippen LogP contribution in [-0.4, -0.2) is 37.9 Å². The Bertz CT molecular complexity index is 810. The maximum Gasteiger partial charge on any atom is 0.231 e. The van der Waals surface area contributed by atoms with Gasteiger partial charge in [-0.15, -0.1) is 0 Å². The first-order valence-corrected chi connectivity index (χ1v) is 8.95. The van der Waals surface area contributed by atoms with Crippen molar-refractivity contribution in [2.24, 2.45) is 0 Å². The first kappa shape index (κ1) is 16.0. The molecular weight excluding hydrogens is 314 g/mol. The number of aromatic nitrogens is 4. The van der Waals surface area contributed by atoms with Crippen LogP contribution in [0.25, 0.3) is 11.4 Å². The Morgan fingerprint density at radius 2 is 2.08 bits per heavy atom. The van der Waals surface area contributed by atoms with Crippen LogP contribution in [0.5, 0.6) is 0 Å². The Labute approximate surface area is 147 Å². The number of aryl methyl sites for hydroxylation is 1. The van der Waals surface area contributed by atoms with E-state index < -0.39 is 0 Å². The molecule has 0 amide bonds. The second kappa shape index (κ2) is 7.19. The van der Waals surface area contributed by atoms with E-state index in [0.29, 0.717) is 11.7 Å². The number of hydrogen-bond acceptors (Lipinski definition) is 5. The minimum Gasteiger partial charge on any atom is -0.339 e. The average Bonchev–Trinajstić information content (AvgIpc) is 3.32. The van der Waals surface area contributed by atoms with Crippen LogP contribution in [0.4, 0.5) is 0 Å². The van der Waals surface area contributed by atoms with Gasteiger partial charge in [-0.05, 0) is 32.4 Å². The molecule has 6 heteroatoms. The molecule has 1 aliphatic heterocycles. The summed E-state index contributed by atoms with van der Waals surface area (Å²) in [7, 11) is 0. The minimum atomic E-state index is 0.298. The fraction of sp³-hybridized carbons (Fsp3) is 0.421. The molecule has 1 fully saturated rings. The molecule has 0 radical (unpaired) electrons. The van der Waals surface area contributed by atoms with Gasteiger partial charge in [-0.3, -0.25) is 9.58 Å². The van der Waals surface area contributed by atoms with Gasteiger partial charge < -0.3 is 4.52 Å². The zero-order valence-electron chi connectivity index (χ0n) is 14.5. The van der Waals surface area contributed by atoms with Gasteiger partial charge >= 0.3 is 0 Å². The van der Waals surface area contributed by atoms with Crippen molar-refractivity contribution in [1.29, 1.82) is 0 Å². The highest BCUT2D eigenvalue weighted by atomic mass is 16.5. The zero-order valence-corrected chi connectivity index (χ0v) is 14.5. The molecule has 0 aliphatic carbocycles. The van der Waals surface area contributed by atoms with Crippen molar-refractivity contribution in [3.05, 3.63) is 54.2 Å². The van der Waals surface area contributed by atoms with Crippen molar-refractivity contribution >= 4 is 0 Å². The molecular formula is C19H23N5O. The summed E-state index contributed by atoms with van der Waals surface area (Å²) < 4.78 is 7.54. The smallest absolute Gasteiger partial charge is 0.231 e. The lowest BCUT2D eigenvalue weighted by Gasteiger charge is -2.30. The van der Waals surface area contributed by atoms with E-state index in [0.717, 1.165) is 56.2 Å². The molecule has 2 aromatic heterocycles. The highest BCUT2D eigenvalue weighted by molar-refractivity contribution is 5.53. The van der Waals surface area contributed by atoms with Gasteiger partial charge in [0, 0.05) is 31.4 Å². The van der Waals surface area contributed by atoms with Gasteiger partial charge in [0.1, 0.15) is 0 Å². The van der Waals surface area contributed by atoms with Gasteiger partial charge in [-0.2, -0.15) is 10.1 Å². The number of piperidine rings is 1. The van der Waals surface area contributed by atoms with Crippen LogP contribution in [-0.2, 0) is 13.1 Å². The van der Waals surface area contributed by atoms with E-state index in [-0.39, 0.29) is 0 Å². The van der Waals surface area contributed by atoms with E-state index in [1.54, 1.807) is 0 Å². The number of likely N-dealkylation sites (tertiary alicyclic amines) is 1. The lowest BCUT2D eigenvalue weighted by Crippen LogP contribution is -2.34. The second-order valence-electron chi connectivity index (χ2n) is 6.56. The fourth-order valence-electron chi connectivity index (χ4n) is 3.40. The van der Waals surface area contributed by atoms with Crippen LogP contribution in [0, 0.1) is 0 Å². The summed E-state index contributed by atoms with van der Waals surface area (Å²) in [6, 6.07) is 12.1. The molecule has 1 atom stereocenters. The van der Waals surface area contributed by atoms with Crippen LogP contribution in [0.1, 0.15) is 37.3 Å². The summed E-state index contributed by atoms with van der Waals surface area (Å²) >= 11 is 0. The van der Waals surface area contributed by atoms with Crippen LogP contribution in [0.2, 0.25) is 0 Å². The Balaban J connectivity index is 1.43.